The van der Waals surface area contributed by atoms with Gasteiger partial charge in [0.05, 0.1) is 7.11 Å². The molecule has 0 bridgehead atoms. The van der Waals surface area contributed by atoms with E-state index < -0.39 is 10.0 Å². The van der Waals surface area contributed by atoms with Gasteiger partial charge in [0.1, 0.15) is 10.6 Å². The molecule has 0 aromatic heterocycles. The smallest absolute Gasteiger partial charge is 0.246 e. The largest absolute Gasteiger partial charge is 0.495 e. The van der Waals surface area contributed by atoms with Crippen molar-refractivity contribution < 1.29 is 17.9 Å². The quantitative estimate of drug-likeness (QED) is 0.823. The van der Waals surface area contributed by atoms with Gasteiger partial charge in [-0.05, 0) is 49.3 Å². The fraction of sp³-hybridized carbons (Fsp3) is 0.632. The highest BCUT2D eigenvalue weighted by Crippen LogP contribution is 2.32. The van der Waals surface area contributed by atoms with Gasteiger partial charge in [0, 0.05) is 25.0 Å². The highest BCUT2D eigenvalue weighted by molar-refractivity contribution is 7.89. The lowest BCUT2D eigenvalue weighted by molar-refractivity contribution is -0.126. The zero-order valence-electron chi connectivity index (χ0n) is 15.7. The molecule has 2 aliphatic rings. The Hall–Kier alpha value is -1.60. The standard InChI is InChI=1S/C19H28N2O4S/c1-13(2)15-4-7-17(25-3)18(12-15)26(23,24)21-10-8-14(9-11-21)19(22)20-16-5-6-16/h4,7,12-14,16H,5-6,8-11H2,1-3H3,(H,20,22). The van der Waals surface area contributed by atoms with Gasteiger partial charge in [-0.25, -0.2) is 8.42 Å². The molecule has 1 aromatic carbocycles. The molecule has 1 aliphatic heterocycles. The third kappa shape index (κ3) is 4.04. The van der Waals surface area contributed by atoms with Crippen LogP contribution in [0.25, 0.3) is 0 Å². The molecule has 1 saturated carbocycles. The van der Waals surface area contributed by atoms with Gasteiger partial charge in [0.2, 0.25) is 15.9 Å². The summed E-state index contributed by atoms with van der Waals surface area (Å²) in [6.45, 7) is 4.78. The summed E-state index contributed by atoms with van der Waals surface area (Å²) in [5, 5.41) is 3.02. The molecule has 0 radical (unpaired) electrons. The molecule has 3 rings (SSSR count). The Bertz CT molecular complexity index is 764. The van der Waals surface area contributed by atoms with Gasteiger partial charge in [-0.3, -0.25) is 4.79 Å². The number of ether oxygens (including phenoxy) is 1. The molecule has 1 aromatic rings. The predicted molar refractivity (Wildman–Crippen MR) is 99.7 cm³/mol. The van der Waals surface area contributed by atoms with E-state index in [1.54, 1.807) is 12.1 Å². The van der Waals surface area contributed by atoms with Crippen LogP contribution in [0, 0.1) is 5.92 Å². The maximum absolute atomic E-state index is 13.2. The van der Waals surface area contributed by atoms with Crippen molar-refractivity contribution in [2.75, 3.05) is 20.2 Å². The first-order chi connectivity index (χ1) is 12.3. The second-order valence-corrected chi connectivity index (χ2v) is 9.43. The monoisotopic (exact) mass is 380 g/mol. The van der Waals surface area contributed by atoms with E-state index in [1.165, 1.54) is 11.4 Å². The Morgan fingerprint density at radius 1 is 1.19 bits per heavy atom. The van der Waals surface area contributed by atoms with E-state index in [-0.39, 0.29) is 22.6 Å². The molecule has 0 spiro atoms. The SMILES string of the molecule is COc1ccc(C(C)C)cc1S(=O)(=O)N1CCC(C(=O)NC2CC2)CC1. The number of carbonyl (C=O) groups excluding carboxylic acids is 1. The molecule has 1 saturated heterocycles. The summed E-state index contributed by atoms with van der Waals surface area (Å²) in [5.41, 5.74) is 0.961. The summed E-state index contributed by atoms with van der Waals surface area (Å²) < 4.78 is 33.1. The number of nitrogens with one attached hydrogen (secondary N) is 1. The Kier molecular flexibility index (Phi) is 5.58. The first-order valence-corrected chi connectivity index (χ1v) is 10.8. The zero-order valence-corrected chi connectivity index (χ0v) is 16.5. The van der Waals surface area contributed by atoms with Crippen LogP contribution in [0.15, 0.2) is 23.1 Å². The number of methoxy groups -OCH3 is 1. The topological polar surface area (TPSA) is 75.7 Å². The van der Waals surface area contributed by atoms with Crippen molar-refractivity contribution in [3.63, 3.8) is 0 Å². The van der Waals surface area contributed by atoms with E-state index in [0.717, 1.165) is 18.4 Å². The van der Waals surface area contributed by atoms with Crippen LogP contribution < -0.4 is 10.1 Å². The second kappa shape index (κ2) is 7.56. The second-order valence-electron chi connectivity index (χ2n) is 7.53. The molecule has 2 fully saturated rings. The van der Waals surface area contributed by atoms with Gasteiger partial charge in [0.15, 0.2) is 0 Å². The third-order valence-corrected chi connectivity index (χ3v) is 7.14. The average molecular weight is 381 g/mol. The molecular weight excluding hydrogens is 352 g/mol. The fourth-order valence-electron chi connectivity index (χ4n) is 3.30. The number of hydrogen-bond acceptors (Lipinski definition) is 4. The van der Waals surface area contributed by atoms with Crippen LogP contribution in [0.4, 0.5) is 0 Å². The van der Waals surface area contributed by atoms with Gasteiger partial charge in [-0.2, -0.15) is 4.31 Å². The van der Waals surface area contributed by atoms with Crippen molar-refractivity contribution in [3.05, 3.63) is 23.8 Å². The Balaban J connectivity index is 1.74. The van der Waals surface area contributed by atoms with Crippen LogP contribution in [-0.2, 0) is 14.8 Å². The minimum absolute atomic E-state index is 0.0731. The first kappa shape index (κ1) is 19.2. The van der Waals surface area contributed by atoms with Gasteiger partial charge in [-0.15, -0.1) is 0 Å². The zero-order chi connectivity index (χ0) is 18.9. The van der Waals surface area contributed by atoms with Crippen molar-refractivity contribution in [2.24, 2.45) is 5.92 Å². The van der Waals surface area contributed by atoms with Crippen LogP contribution in [-0.4, -0.2) is 44.9 Å². The molecule has 1 N–H and O–H groups in total. The molecule has 0 atom stereocenters. The number of benzene rings is 1. The van der Waals surface area contributed by atoms with Crippen LogP contribution in [0.3, 0.4) is 0 Å². The molecule has 1 heterocycles. The van der Waals surface area contributed by atoms with Crippen molar-refractivity contribution in [1.82, 2.24) is 9.62 Å². The van der Waals surface area contributed by atoms with Crippen LogP contribution in [0.5, 0.6) is 5.75 Å². The summed E-state index contributed by atoms with van der Waals surface area (Å²) in [4.78, 5) is 12.4. The van der Waals surface area contributed by atoms with Crippen molar-refractivity contribution in [2.45, 2.75) is 56.4 Å². The molecule has 144 valence electrons. The minimum Gasteiger partial charge on any atom is -0.495 e. The predicted octanol–water partition coefficient (Wildman–Crippen LogP) is 2.50. The number of piperidine rings is 1. The lowest BCUT2D eigenvalue weighted by atomic mass is 9.97. The Morgan fingerprint density at radius 3 is 2.38 bits per heavy atom. The molecule has 0 unspecified atom stereocenters. The summed E-state index contributed by atoms with van der Waals surface area (Å²) in [6.07, 6.45) is 3.24. The summed E-state index contributed by atoms with van der Waals surface area (Å²) in [7, 11) is -2.16. The van der Waals surface area contributed by atoms with Crippen molar-refractivity contribution in [3.8, 4) is 5.75 Å². The highest BCUT2D eigenvalue weighted by atomic mass is 32.2. The molecule has 26 heavy (non-hydrogen) atoms. The van der Waals surface area contributed by atoms with Crippen molar-refractivity contribution >= 4 is 15.9 Å². The summed E-state index contributed by atoms with van der Waals surface area (Å²) >= 11 is 0. The van der Waals surface area contributed by atoms with E-state index in [9.17, 15) is 13.2 Å². The number of nitrogens with zero attached hydrogens (tertiary/aromatic N) is 1. The van der Waals surface area contributed by atoms with Crippen LogP contribution in [0.1, 0.15) is 51.0 Å². The van der Waals surface area contributed by atoms with Crippen LogP contribution >= 0.6 is 0 Å². The van der Waals surface area contributed by atoms with E-state index in [1.807, 2.05) is 19.9 Å². The lowest BCUT2D eigenvalue weighted by Gasteiger charge is -2.31. The van der Waals surface area contributed by atoms with Gasteiger partial charge in [0.25, 0.3) is 0 Å². The first-order valence-electron chi connectivity index (χ1n) is 9.31. The number of carbonyl (C=O) groups is 1. The normalized spacial score (nSPS) is 19.5. The Labute approximate surface area is 156 Å². The number of amides is 1. The fourth-order valence-corrected chi connectivity index (χ4v) is 4.96. The molecule has 6 nitrogen and oxygen atoms in total. The number of rotatable bonds is 6. The molecule has 1 amide bonds. The van der Waals surface area contributed by atoms with E-state index in [2.05, 4.69) is 5.32 Å². The summed E-state index contributed by atoms with van der Waals surface area (Å²) in [5.74, 6) is 0.574. The summed E-state index contributed by atoms with van der Waals surface area (Å²) in [6, 6.07) is 5.67. The maximum Gasteiger partial charge on any atom is 0.246 e. The number of sulfonamides is 1. The average Bonchev–Trinajstić information content (AvgIpc) is 3.45. The maximum atomic E-state index is 13.2. The molecule has 7 heteroatoms. The molecule has 1 aliphatic carbocycles. The number of hydrogen-bond donors (Lipinski definition) is 1. The molecular formula is C19H28N2O4S. The highest BCUT2D eigenvalue weighted by Gasteiger charge is 2.35. The Morgan fingerprint density at radius 2 is 1.85 bits per heavy atom. The third-order valence-electron chi connectivity index (χ3n) is 5.22. The van der Waals surface area contributed by atoms with Gasteiger partial charge >= 0.3 is 0 Å². The lowest BCUT2D eigenvalue weighted by Crippen LogP contribution is -2.43. The van der Waals surface area contributed by atoms with Crippen LogP contribution in [0.2, 0.25) is 0 Å². The van der Waals surface area contributed by atoms with E-state index in [0.29, 0.717) is 37.7 Å². The van der Waals surface area contributed by atoms with E-state index in [4.69, 9.17) is 4.74 Å². The van der Waals surface area contributed by atoms with Gasteiger partial charge in [-0.1, -0.05) is 19.9 Å². The van der Waals surface area contributed by atoms with Gasteiger partial charge < -0.3 is 10.1 Å². The minimum atomic E-state index is -3.64. The van der Waals surface area contributed by atoms with Crippen molar-refractivity contribution in [1.29, 1.82) is 0 Å². The van der Waals surface area contributed by atoms with E-state index >= 15 is 0 Å².